The summed E-state index contributed by atoms with van der Waals surface area (Å²) < 4.78 is 21.4. The van der Waals surface area contributed by atoms with Crippen LogP contribution in [0.25, 0.3) is 22.3 Å². The highest BCUT2D eigenvalue weighted by molar-refractivity contribution is 5.89. The maximum absolute atomic E-state index is 12.6. The number of aliphatic hydroxyl groups excluding tert-OH is 3. The van der Waals surface area contributed by atoms with E-state index >= 15 is 0 Å². The van der Waals surface area contributed by atoms with Crippen LogP contribution in [0.4, 0.5) is 0 Å². The second-order valence-corrected chi connectivity index (χ2v) is 8.20. The number of carbonyl (C=O) groups excluding carboxylic acids is 2. The largest absolute Gasteiger partial charge is 0.550 e. The topological polar surface area (TPSA) is 216 Å². The molecular formula is C24H21O13-. The Hall–Kier alpha value is -4.17. The second kappa shape index (κ2) is 10.4. The third kappa shape index (κ3) is 5.65. The molecule has 196 valence electrons. The van der Waals surface area contributed by atoms with Gasteiger partial charge in [0, 0.05) is 23.8 Å². The molecule has 0 saturated carbocycles. The normalized spacial score (nSPS) is 23.5. The number of esters is 1. The zero-order valence-electron chi connectivity index (χ0n) is 18.8. The second-order valence-electron chi connectivity index (χ2n) is 8.20. The molecule has 0 radical (unpaired) electrons. The Kier molecular flexibility index (Phi) is 7.31. The van der Waals surface area contributed by atoms with Crippen LogP contribution < -0.4 is 15.3 Å². The van der Waals surface area contributed by atoms with E-state index in [1.54, 1.807) is 0 Å². The molecule has 1 aliphatic rings. The zero-order valence-corrected chi connectivity index (χ0v) is 18.8. The molecule has 0 amide bonds. The van der Waals surface area contributed by atoms with E-state index < -0.39 is 66.9 Å². The Bertz CT molecular complexity index is 1360. The Labute approximate surface area is 207 Å². The third-order valence-electron chi connectivity index (χ3n) is 5.55. The van der Waals surface area contributed by atoms with Crippen molar-refractivity contribution in [2.45, 2.75) is 37.1 Å². The van der Waals surface area contributed by atoms with Crippen LogP contribution in [0, 0.1) is 0 Å². The van der Waals surface area contributed by atoms with Crippen LogP contribution in [-0.2, 0) is 19.1 Å². The number of ether oxygens (including phenoxy) is 3. The minimum absolute atomic E-state index is 0.00512. The number of carboxylic acids is 1. The van der Waals surface area contributed by atoms with Crippen molar-refractivity contribution in [1.29, 1.82) is 0 Å². The van der Waals surface area contributed by atoms with E-state index in [2.05, 4.69) is 0 Å². The molecule has 0 aliphatic carbocycles. The molecule has 37 heavy (non-hydrogen) atoms. The van der Waals surface area contributed by atoms with Gasteiger partial charge in [0.2, 0.25) is 6.29 Å². The van der Waals surface area contributed by atoms with Crippen LogP contribution in [0.2, 0.25) is 0 Å². The predicted octanol–water partition coefficient (Wildman–Crippen LogP) is -1.26. The summed E-state index contributed by atoms with van der Waals surface area (Å²) in [6, 6.07) is 9.24. The van der Waals surface area contributed by atoms with Gasteiger partial charge in [0.1, 0.15) is 65.0 Å². The van der Waals surface area contributed by atoms with Gasteiger partial charge >= 0.3 is 5.97 Å². The lowest BCUT2D eigenvalue weighted by molar-refractivity contribution is -0.305. The van der Waals surface area contributed by atoms with Crippen LogP contribution in [0.3, 0.4) is 0 Å². The summed E-state index contributed by atoms with van der Waals surface area (Å²) in [6.45, 7) is -0.676. The first-order valence-corrected chi connectivity index (χ1v) is 10.9. The Morgan fingerprint density at radius 1 is 0.973 bits per heavy atom. The number of fused-ring (bicyclic) bond motifs is 1. The third-order valence-corrected chi connectivity index (χ3v) is 5.55. The van der Waals surface area contributed by atoms with Crippen LogP contribution in [0.5, 0.6) is 17.2 Å². The quantitative estimate of drug-likeness (QED) is 0.183. The van der Waals surface area contributed by atoms with Crippen molar-refractivity contribution in [3.63, 3.8) is 0 Å². The molecule has 13 heteroatoms. The average Bonchev–Trinajstić information content (AvgIpc) is 2.83. The molecule has 2 heterocycles. The minimum Gasteiger partial charge on any atom is -0.550 e. The number of phenolic OH excluding ortho intramolecular Hbond substituents is 2. The molecule has 4 rings (SSSR count). The van der Waals surface area contributed by atoms with E-state index in [1.165, 1.54) is 30.3 Å². The molecule has 3 aromatic rings. The number of aliphatic hydroxyl groups is 3. The maximum atomic E-state index is 12.6. The van der Waals surface area contributed by atoms with Crippen molar-refractivity contribution in [2.24, 2.45) is 0 Å². The zero-order chi connectivity index (χ0) is 26.9. The highest BCUT2D eigenvalue weighted by Crippen LogP contribution is 2.33. The molecule has 1 fully saturated rings. The van der Waals surface area contributed by atoms with Crippen molar-refractivity contribution in [3.8, 4) is 28.6 Å². The number of aromatic hydroxyl groups is 2. The lowest BCUT2D eigenvalue weighted by atomic mass is 9.99. The molecule has 5 N–H and O–H groups in total. The molecule has 1 aromatic heterocycles. The summed E-state index contributed by atoms with van der Waals surface area (Å²) in [4.78, 5) is 34.6. The fourth-order valence-corrected chi connectivity index (χ4v) is 3.71. The fourth-order valence-electron chi connectivity index (χ4n) is 3.71. The number of benzene rings is 2. The lowest BCUT2D eigenvalue weighted by Gasteiger charge is -2.39. The number of hydrogen-bond acceptors (Lipinski definition) is 13. The summed E-state index contributed by atoms with van der Waals surface area (Å²) >= 11 is 0. The Morgan fingerprint density at radius 2 is 1.68 bits per heavy atom. The first-order valence-electron chi connectivity index (χ1n) is 10.9. The molecule has 5 atom stereocenters. The summed E-state index contributed by atoms with van der Waals surface area (Å²) in [5.74, 6) is -3.39. The van der Waals surface area contributed by atoms with Gasteiger partial charge < -0.3 is 54.1 Å². The predicted molar refractivity (Wildman–Crippen MR) is 119 cm³/mol. The van der Waals surface area contributed by atoms with Crippen LogP contribution in [0.15, 0.2) is 51.7 Å². The Morgan fingerprint density at radius 3 is 2.35 bits per heavy atom. The first kappa shape index (κ1) is 25.9. The molecule has 1 aliphatic heterocycles. The van der Waals surface area contributed by atoms with Crippen molar-refractivity contribution >= 4 is 22.9 Å². The van der Waals surface area contributed by atoms with Gasteiger partial charge in [-0.05, 0) is 24.3 Å². The highest BCUT2D eigenvalue weighted by atomic mass is 16.7. The number of hydrogen-bond donors (Lipinski definition) is 5. The van der Waals surface area contributed by atoms with E-state index in [4.69, 9.17) is 18.6 Å². The van der Waals surface area contributed by atoms with E-state index in [1.807, 2.05) is 0 Å². The molecule has 2 aromatic carbocycles. The van der Waals surface area contributed by atoms with Gasteiger partial charge in [-0.15, -0.1) is 0 Å². The highest BCUT2D eigenvalue weighted by Gasteiger charge is 2.45. The monoisotopic (exact) mass is 517 g/mol. The van der Waals surface area contributed by atoms with Gasteiger partial charge in [0.15, 0.2) is 5.43 Å². The summed E-state index contributed by atoms with van der Waals surface area (Å²) in [6.07, 6.45) is -9.42. The standard InChI is InChI=1S/C24H22O13/c25-11-3-1-10(2-4-11)15-7-14(27)20-13(26)5-12(6-16(20)36-15)35-24-23(33)22(32)21(31)17(37-24)9-34-19(30)8-18(28)29/h1-7,17,21-26,31-33H,8-9H2,(H,28,29)/p-1/t17-,21-,22+,23-,24-/m1/s1. The summed E-state index contributed by atoms with van der Waals surface area (Å²) in [7, 11) is 0. The molecule has 1 saturated heterocycles. The average molecular weight is 517 g/mol. The molecular weight excluding hydrogens is 496 g/mol. The van der Waals surface area contributed by atoms with Crippen molar-refractivity contribution in [3.05, 3.63) is 52.7 Å². The van der Waals surface area contributed by atoms with Crippen molar-refractivity contribution in [1.82, 2.24) is 0 Å². The number of phenols is 2. The van der Waals surface area contributed by atoms with E-state index in [-0.39, 0.29) is 28.2 Å². The number of aliphatic carboxylic acids is 1. The Balaban J connectivity index is 1.58. The molecule has 0 bridgehead atoms. The van der Waals surface area contributed by atoms with Gasteiger partial charge in [-0.3, -0.25) is 9.59 Å². The lowest BCUT2D eigenvalue weighted by Crippen LogP contribution is -2.60. The van der Waals surface area contributed by atoms with Crippen molar-refractivity contribution < 1.29 is 58.9 Å². The van der Waals surface area contributed by atoms with Crippen LogP contribution in [0.1, 0.15) is 6.42 Å². The van der Waals surface area contributed by atoms with E-state index in [0.29, 0.717) is 5.56 Å². The van der Waals surface area contributed by atoms with Gasteiger partial charge in [-0.2, -0.15) is 0 Å². The van der Waals surface area contributed by atoms with E-state index in [9.17, 15) is 45.0 Å². The van der Waals surface area contributed by atoms with Gasteiger partial charge in [-0.1, -0.05) is 0 Å². The number of carboxylic acid groups (broad SMARTS) is 1. The van der Waals surface area contributed by atoms with E-state index in [0.717, 1.165) is 12.1 Å². The first-order chi connectivity index (χ1) is 17.5. The maximum Gasteiger partial charge on any atom is 0.311 e. The smallest absolute Gasteiger partial charge is 0.311 e. The molecule has 0 spiro atoms. The molecule has 0 unspecified atom stereocenters. The minimum atomic E-state index is -1.81. The fraction of sp³-hybridized carbons (Fsp3) is 0.292. The van der Waals surface area contributed by atoms with Gasteiger partial charge in [-0.25, -0.2) is 0 Å². The summed E-state index contributed by atoms with van der Waals surface area (Å²) in [5, 5.41) is 60.9. The number of rotatable bonds is 7. The number of carbonyl (C=O) groups is 2. The SMILES string of the molecule is O=C([O-])CC(=O)OC[C@H]1O[C@@H](Oc2cc(O)c3c(=O)cc(-c4ccc(O)cc4)oc3c2)[C@H](O)[C@@H](O)[C@@H]1O. The van der Waals surface area contributed by atoms with Crippen molar-refractivity contribution in [2.75, 3.05) is 6.61 Å². The van der Waals surface area contributed by atoms with Gasteiger partial charge in [0.25, 0.3) is 0 Å². The molecule has 13 nitrogen and oxygen atoms in total. The van der Waals surface area contributed by atoms with Gasteiger partial charge in [0.05, 0.1) is 12.4 Å². The van der Waals surface area contributed by atoms with Crippen LogP contribution >= 0.6 is 0 Å². The summed E-state index contributed by atoms with van der Waals surface area (Å²) in [5.41, 5.74) is -0.203. The van der Waals surface area contributed by atoms with Crippen LogP contribution in [-0.4, -0.2) is 74.8 Å².